The largest absolute Gasteiger partial charge is 0.397 e. The lowest BCUT2D eigenvalue weighted by molar-refractivity contribution is 0.0955. The SMILES string of the molecule is Nc1cnccc1C(=O)NCCc1nccs1. The van der Waals surface area contributed by atoms with Gasteiger partial charge in [0.15, 0.2) is 0 Å². The summed E-state index contributed by atoms with van der Waals surface area (Å²) < 4.78 is 0. The molecule has 17 heavy (non-hydrogen) atoms. The van der Waals surface area contributed by atoms with Gasteiger partial charge in [-0.3, -0.25) is 9.78 Å². The second kappa shape index (κ2) is 5.40. The van der Waals surface area contributed by atoms with Gasteiger partial charge in [-0.1, -0.05) is 0 Å². The van der Waals surface area contributed by atoms with Gasteiger partial charge in [0.25, 0.3) is 5.91 Å². The summed E-state index contributed by atoms with van der Waals surface area (Å²) in [5.41, 5.74) is 6.50. The topological polar surface area (TPSA) is 80.9 Å². The first-order valence-corrected chi connectivity index (χ1v) is 6.01. The Kier molecular flexibility index (Phi) is 3.66. The molecule has 0 fully saturated rings. The summed E-state index contributed by atoms with van der Waals surface area (Å²) >= 11 is 1.58. The Morgan fingerprint density at radius 1 is 1.47 bits per heavy atom. The number of nitrogens with one attached hydrogen (secondary N) is 1. The van der Waals surface area contributed by atoms with Gasteiger partial charge in [-0.25, -0.2) is 4.98 Å². The van der Waals surface area contributed by atoms with Crippen molar-refractivity contribution < 1.29 is 4.79 Å². The Labute approximate surface area is 103 Å². The van der Waals surface area contributed by atoms with Crippen LogP contribution in [0.25, 0.3) is 0 Å². The molecule has 0 bridgehead atoms. The Morgan fingerprint density at radius 2 is 2.35 bits per heavy atom. The van der Waals surface area contributed by atoms with Crippen LogP contribution >= 0.6 is 11.3 Å². The maximum atomic E-state index is 11.8. The molecule has 3 N–H and O–H groups in total. The number of rotatable bonds is 4. The monoisotopic (exact) mass is 248 g/mol. The third-order valence-electron chi connectivity index (χ3n) is 2.20. The van der Waals surface area contributed by atoms with Crippen molar-refractivity contribution in [1.82, 2.24) is 15.3 Å². The first kappa shape index (κ1) is 11.5. The maximum Gasteiger partial charge on any atom is 0.253 e. The van der Waals surface area contributed by atoms with Crippen LogP contribution in [-0.2, 0) is 6.42 Å². The van der Waals surface area contributed by atoms with Crippen molar-refractivity contribution in [1.29, 1.82) is 0 Å². The summed E-state index contributed by atoms with van der Waals surface area (Å²) in [6.45, 7) is 0.550. The molecule has 0 aliphatic carbocycles. The van der Waals surface area contributed by atoms with Gasteiger partial charge in [0.1, 0.15) is 0 Å². The molecular weight excluding hydrogens is 236 g/mol. The van der Waals surface area contributed by atoms with E-state index in [1.165, 1.54) is 6.20 Å². The Bertz CT molecular complexity index is 498. The summed E-state index contributed by atoms with van der Waals surface area (Å²) in [4.78, 5) is 19.7. The molecule has 0 aliphatic rings. The number of anilines is 1. The average molecular weight is 248 g/mol. The molecule has 0 saturated carbocycles. The van der Waals surface area contributed by atoms with Crippen LogP contribution < -0.4 is 11.1 Å². The maximum absolute atomic E-state index is 11.8. The van der Waals surface area contributed by atoms with Crippen LogP contribution in [0.4, 0.5) is 5.69 Å². The van der Waals surface area contributed by atoms with Gasteiger partial charge in [-0.2, -0.15) is 0 Å². The number of nitrogens with two attached hydrogens (primary N) is 1. The highest BCUT2D eigenvalue weighted by molar-refractivity contribution is 7.09. The average Bonchev–Trinajstić information content (AvgIpc) is 2.82. The lowest BCUT2D eigenvalue weighted by Crippen LogP contribution is -2.26. The van der Waals surface area contributed by atoms with Crippen LogP contribution in [0.1, 0.15) is 15.4 Å². The van der Waals surface area contributed by atoms with E-state index in [0.717, 1.165) is 11.4 Å². The number of amides is 1. The lowest BCUT2D eigenvalue weighted by Gasteiger charge is -2.05. The molecule has 2 heterocycles. The first-order chi connectivity index (χ1) is 8.27. The van der Waals surface area contributed by atoms with Gasteiger partial charge < -0.3 is 11.1 Å². The molecule has 0 saturated heterocycles. The van der Waals surface area contributed by atoms with E-state index in [1.807, 2.05) is 5.38 Å². The molecule has 5 nitrogen and oxygen atoms in total. The molecule has 2 aromatic rings. The number of thiazole rings is 1. The molecule has 0 radical (unpaired) electrons. The number of nitrogens with zero attached hydrogens (tertiary/aromatic N) is 2. The summed E-state index contributed by atoms with van der Waals surface area (Å²) in [5.74, 6) is -0.179. The summed E-state index contributed by atoms with van der Waals surface area (Å²) in [5, 5.41) is 5.72. The Balaban J connectivity index is 1.88. The van der Waals surface area contributed by atoms with E-state index in [4.69, 9.17) is 5.73 Å². The normalized spacial score (nSPS) is 10.1. The fraction of sp³-hybridized carbons (Fsp3) is 0.182. The standard InChI is InChI=1S/C11H12N4OS/c12-9-7-13-3-1-8(9)11(16)15-4-2-10-14-5-6-17-10/h1,3,5-7H,2,4,12H2,(H,15,16). The molecule has 1 amide bonds. The van der Waals surface area contributed by atoms with Crippen molar-refractivity contribution in [3.63, 3.8) is 0 Å². The second-order valence-electron chi connectivity index (χ2n) is 3.39. The number of hydrogen-bond donors (Lipinski definition) is 2. The molecule has 0 atom stereocenters. The van der Waals surface area contributed by atoms with Gasteiger partial charge in [-0.05, 0) is 6.07 Å². The van der Waals surface area contributed by atoms with E-state index in [-0.39, 0.29) is 5.91 Å². The van der Waals surface area contributed by atoms with Crippen molar-refractivity contribution in [3.8, 4) is 0 Å². The lowest BCUT2D eigenvalue weighted by atomic mass is 10.2. The predicted molar refractivity (Wildman–Crippen MR) is 66.8 cm³/mol. The zero-order valence-corrected chi connectivity index (χ0v) is 9.91. The van der Waals surface area contributed by atoms with E-state index in [9.17, 15) is 4.79 Å². The molecule has 2 aromatic heterocycles. The minimum Gasteiger partial charge on any atom is -0.397 e. The minimum atomic E-state index is -0.179. The van der Waals surface area contributed by atoms with E-state index in [1.54, 1.807) is 29.8 Å². The third-order valence-corrected chi connectivity index (χ3v) is 3.04. The number of carbonyl (C=O) groups is 1. The molecule has 88 valence electrons. The molecule has 6 heteroatoms. The third kappa shape index (κ3) is 3.01. The highest BCUT2D eigenvalue weighted by atomic mass is 32.1. The quantitative estimate of drug-likeness (QED) is 0.848. The zero-order valence-electron chi connectivity index (χ0n) is 9.09. The molecule has 0 aliphatic heterocycles. The van der Waals surface area contributed by atoms with Gasteiger partial charge in [0.2, 0.25) is 0 Å². The van der Waals surface area contributed by atoms with Crippen molar-refractivity contribution in [3.05, 3.63) is 40.6 Å². The summed E-state index contributed by atoms with van der Waals surface area (Å²) in [6, 6.07) is 1.61. The van der Waals surface area contributed by atoms with E-state index >= 15 is 0 Å². The van der Waals surface area contributed by atoms with E-state index in [0.29, 0.717) is 17.8 Å². The fourth-order valence-electron chi connectivity index (χ4n) is 1.37. The number of aromatic nitrogens is 2. The predicted octanol–water partition coefficient (Wildman–Crippen LogP) is 1.09. The minimum absolute atomic E-state index is 0.179. The van der Waals surface area contributed by atoms with Crippen LogP contribution in [0, 0.1) is 0 Å². The first-order valence-electron chi connectivity index (χ1n) is 5.13. The van der Waals surface area contributed by atoms with Gasteiger partial charge in [0, 0.05) is 30.7 Å². The molecule has 0 unspecified atom stereocenters. The van der Waals surface area contributed by atoms with Crippen molar-refractivity contribution >= 4 is 22.9 Å². The van der Waals surface area contributed by atoms with Crippen LogP contribution in [0.2, 0.25) is 0 Å². The van der Waals surface area contributed by atoms with Crippen LogP contribution in [0.15, 0.2) is 30.0 Å². The van der Waals surface area contributed by atoms with Gasteiger partial charge >= 0.3 is 0 Å². The number of nitrogen functional groups attached to an aromatic ring is 1. The molecule has 0 aromatic carbocycles. The smallest absolute Gasteiger partial charge is 0.253 e. The highest BCUT2D eigenvalue weighted by Crippen LogP contribution is 2.08. The zero-order chi connectivity index (χ0) is 12.1. The summed E-state index contributed by atoms with van der Waals surface area (Å²) in [6.07, 6.45) is 5.50. The van der Waals surface area contributed by atoms with E-state index in [2.05, 4.69) is 15.3 Å². The number of pyridine rings is 1. The van der Waals surface area contributed by atoms with Gasteiger partial charge in [0.05, 0.1) is 22.5 Å². The molecule has 2 rings (SSSR count). The Hall–Kier alpha value is -1.95. The van der Waals surface area contributed by atoms with Crippen LogP contribution in [0.5, 0.6) is 0 Å². The molecule has 0 spiro atoms. The van der Waals surface area contributed by atoms with Crippen LogP contribution in [-0.4, -0.2) is 22.4 Å². The summed E-state index contributed by atoms with van der Waals surface area (Å²) in [7, 11) is 0. The fourth-order valence-corrected chi connectivity index (χ4v) is 1.99. The highest BCUT2D eigenvalue weighted by Gasteiger charge is 2.08. The van der Waals surface area contributed by atoms with E-state index < -0.39 is 0 Å². The van der Waals surface area contributed by atoms with Crippen molar-refractivity contribution in [2.24, 2.45) is 0 Å². The Morgan fingerprint density at radius 3 is 3.06 bits per heavy atom. The molecular formula is C11H12N4OS. The van der Waals surface area contributed by atoms with Gasteiger partial charge in [-0.15, -0.1) is 11.3 Å². The van der Waals surface area contributed by atoms with Crippen LogP contribution in [0.3, 0.4) is 0 Å². The number of hydrogen-bond acceptors (Lipinski definition) is 5. The van der Waals surface area contributed by atoms with Crippen molar-refractivity contribution in [2.75, 3.05) is 12.3 Å². The number of carbonyl (C=O) groups excluding carboxylic acids is 1. The van der Waals surface area contributed by atoms with Crippen molar-refractivity contribution in [2.45, 2.75) is 6.42 Å². The second-order valence-corrected chi connectivity index (χ2v) is 4.37.